The van der Waals surface area contributed by atoms with Gasteiger partial charge in [-0.3, -0.25) is 0 Å². The quantitative estimate of drug-likeness (QED) is 0.808. The van der Waals surface area contributed by atoms with Gasteiger partial charge in [0.2, 0.25) is 5.95 Å². The largest absolute Gasteiger partial charge is 0.389 e. The van der Waals surface area contributed by atoms with Crippen molar-refractivity contribution in [3.05, 3.63) is 30.5 Å². The molecule has 0 saturated heterocycles. The van der Waals surface area contributed by atoms with Crippen molar-refractivity contribution in [3.8, 4) is 0 Å². The third kappa shape index (κ3) is 3.12. The standard InChI is InChI=1S/C12H15N3O2/c1-17-8-10(16)7-14-12-13-6-9-4-2-3-5-11(9)15-12/h2-6,10,16H,7-8H2,1H3,(H,13,14,15). The first kappa shape index (κ1) is 11.8. The normalized spacial score (nSPS) is 12.6. The zero-order valence-electron chi connectivity index (χ0n) is 9.63. The van der Waals surface area contributed by atoms with E-state index in [2.05, 4.69) is 15.3 Å². The molecule has 17 heavy (non-hydrogen) atoms. The van der Waals surface area contributed by atoms with Crippen LogP contribution in [0.5, 0.6) is 0 Å². The lowest BCUT2D eigenvalue weighted by Gasteiger charge is -2.10. The molecule has 90 valence electrons. The van der Waals surface area contributed by atoms with Crippen LogP contribution in [0.1, 0.15) is 0 Å². The van der Waals surface area contributed by atoms with Crippen LogP contribution >= 0.6 is 0 Å². The molecule has 1 heterocycles. The number of aliphatic hydroxyl groups excluding tert-OH is 1. The molecule has 5 heteroatoms. The van der Waals surface area contributed by atoms with E-state index in [4.69, 9.17) is 4.74 Å². The van der Waals surface area contributed by atoms with Crippen LogP contribution in [0.3, 0.4) is 0 Å². The van der Waals surface area contributed by atoms with Gasteiger partial charge in [-0.25, -0.2) is 9.97 Å². The number of para-hydroxylation sites is 1. The maximum Gasteiger partial charge on any atom is 0.223 e. The molecule has 0 aliphatic rings. The number of benzene rings is 1. The number of rotatable bonds is 5. The Hall–Kier alpha value is -1.72. The predicted molar refractivity (Wildman–Crippen MR) is 65.9 cm³/mol. The maximum absolute atomic E-state index is 9.48. The number of hydrogen-bond donors (Lipinski definition) is 2. The Bertz CT molecular complexity index is 490. The van der Waals surface area contributed by atoms with Crippen molar-refractivity contribution in [1.82, 2.24) is 9.97 Å². The second kappa shape index (κ2) is 5.56. The summed E-state index contributed by atoms with van der Waals surface area (Å²) in [6, 6.07) is 7.76. The van der Waals surface area contributed by atoms with Crippen LogP contribution in [0.2, 0.25) is 0 Å². The van der Waals surface area contributed by atoms with Crippen LogP contribution in [0.25, 0.3) is 10.9 Å². The Kier molecular flexibility index (Phi) is 3.85. The number of fused-ring (bicyclic) bond motifs is 1. The number of aromatic nitrogens is 2. The Morgan fingerprint density at radius 3 is 3.06 bits per heavy atom. The summed E-state index contributed by atoms with van der Waals surface area (Å²) in [6.07, 6.45) is 1.20. The lowest BCUT2D eigenvalue weighted by Crippen LogP contribution is -2.24. The van der Waals surface area contributed by atoms with Gasteiger partial charge in [0.25, 0.3) is 0 Å². The van der Waals surface area contributed by atoms with Gasteiger partial charge < -0.3 is 15.2 Å². The van der Waals surface area contributed by atoms with E-state index in [1.54, 1.807) is 13.3 Å². The monoisotopic (exact) mass is 233 g/mol. The summed E-state index contributed by atoms with van der Waals surface area (Å²) in [6.45, 7) is 0.659. The zero-order valence-corrected chi connectivity index (χ0v) is 9.63. The second-order valence-electron chi connectivity index (χ2n) is 3.74. The van der Waals surface area contributed by atoms with Crippen molar-refractivity contribution in [3.63, 3.8) is 0 Å². The molecule has 2 aromatic rings. The van der Waals surface area contributed by atoms with E-state index in [1.807, 2.05) is 24.3 Å². The summed E-state index contributed by atoms with van der Waals surface area (Å²) in [5, 5.41) is 13.4. The minimum Gasteiger partial charge on any atom is -0.389 e. The Morgan fingerprint density at radius 1 is 1.41 bits per heavy atom. The van der Waals surface area contributed by atoms with E-state index in [-0.39, 0.29) is 0 Å². The van der Waals surface area contributed by atoms with Gasteiger partial charge in [0, 0.05) is 25.2 Å². The molecule has 0 aliphatic carbocycles. The molecule has 0 aliphatic heterocycles. The van der Waals surface area contributed by atoms with Crippen molar-refractivity contribution in [2.75, 3.05) is 25.6 Å². The molecule has 0 amide bonds. The van der Waals surface area contributed by atoms with E-state index >= 15 is 0 Å². The first-order valence-electron chi connectivity index (χ1n) is 5.42. The van der Waals surface area contributed by atoms with Crippen LogP contribution < -0.4 is 5.32 Å². The van der Waals surface area contributed by atoms with E-state index in [9.17, 15) is 5.11 Å². The van der Waals surface area contributed by atoms with E-state index in [0.29, 0.717) is 19.1 Å². The number of anilines is 1. The lowest BCUT2D eigenvalue weighted by molar-refractivity contribution is 0.0726. The molecule has 0 fully saturated rings. The highest BCUT2D eigenvalue weighted by atomic mass is 16.5. The van der Waals surface area contributed by atoms with E-state index in [0.717, 1.165) is 10.9 Å². The Balaban J connectivity index is 2.04. The van der Waals surface area contributed by atoms with Crippen molar-refractivity contribution in [2.45, 2.75) is 6.10 Å². The molecule has 1 unspecified atom stereocenters. The molecule has 1 aromatic carbocycles. The van der Waals surface area contributed by atoms with Gasteiger partial charge in [-0.15, -0.1) is 0 Å². The lowest BCUT2D eigenvalue weighted by atomic mass is 10.2. The van der Waals surface area contributed by atoms with Gasteiger partial charge in [0.1, 0.15) is 0 Å². The number of aliphatic hydroxyl groups is 1. The van der Waals surface area contributed by atoms with Crippen molar-refractivity contribution >= 4 is 16.9 Å². The number of nitrogens with zero attached hydrogens (tertiary/aromatic N) is 2. The molecular formula is C12H15N3O2. The molecular weight excluding hydrogens is 218 g/mol. The van der Waals surface area contributed by atoms with E-state index < -0.39 is 6.10 Å². The number of hydrogen-bond acceptors (Lipinski definition) is 5. The molecule has 1 aromatic heterocycles. The average Bonchev–Trinajstić information content (AvgIpc) is 2.36. The first-order valence-corrected chi connectivity index (χ1v) is 5.42. The first-order chi connectivity index (χ1) is 8.29. The fourth-order valence-electron chi connectivity index (χ4n) is 1.52. The summed E-state index contributed by atoms with van der Waals surface area (Å²) in [4.78, 5) is 8.50. The van der Waals surface area contributed by atoms with Gasteiger partial charge in [-0.1, -0.05) is 18.2 Å². The third-order valence-corrected chi connectivity index (χ3v) is 2.34. The van der Waals surface area contributed by atoms with E-state index in [1.165, 1.54) is 0 Å². The third-order valence-electron chi connectivity index (χ3n) is 2.34. The molecule has 1 atom stereocenters. The van der Waals surface area contributed by atoms with Crippen LogP contribution in [0.15, 0.2) is 30.5 Å². The fraction of sp³-hybridized carbons (Fsp3) is 0.333. The smallest absolute Gasteiger partial charge is 0.223 e. The SMILES string of the molecule is COCC(O)CNc1ncc2ccccc2n1. The highest BCUT2D eigenvalue weighted by molar-refractivity contribution is 5.78. The van der Waals surface area contributed by atoms with Gasteiger partial charge >= 0.3 is 0 Å². The van der Waals surface area contributed by atoms with Crippen LogP contribution in [0.4, 0.5) is 5.95 Å². The van der Waals surface area contributed by atoms with Gasteiger partial charge in [-0.05, 0) is 6.07 Å². The number of ether oxygens (including phenoxy) is 1. The molecule has 2 rings (SSSR count). The Morgan fingerprint density at radius 2 is 2.24 bits per heavy atom. The molecule has 0 radical (unpaired) electrons. The summed E-state index contributed by atoms with van der Waals surface area (Å²) in [5.74, 6) is 0.513. The summed E-state index contributed by atoms with van der Waals surface area (Å²) in [7, 11) is 1.55. The fourth-order valence-corrected chi connectivity index (χ4v) is 1.52. The summed E-state index contributed by atoms with van der Waals surface area (Å²) >= 11 is 0. The zero-order chi connectivity index (χ0) is 12.1. The number of methoxy groups -OCH3 is 1. The number of nitrogens with one attached hydrogen (secondary N) is 1. The summed E-state index contributed by atoms with van der Waals surface area (Å²) < 4.78 is 4.83. The topological polar surface area (TPSA) is 67.3 Å². The highest BCUT2D eigenvalue weighted by Crippen LogP contribution is 2.11. The highest BCUT2D eigenvalue weighted by Gasteiger charge is 2.04. The van der Waals surface area contributed by atoms with Gasteiger partial charge in [0.05, 0.1) is 18.2 Å². The molecule has 2 N–H and O–H groups in total. The predicted octanol–water partition coefficient (Wildman–Crippen LogP) is 1.05. The maximum atomic E-state index is 9.48. The van der Waals surface area contributed by atoms with Crippen LogP contribution in [-0.2, 0) is 4.74 Å². The molecule has 0 bridgehead atoms. The van der Waals surface area contributed by atoms with Gasteiger partial charge in [-0.2, -0.15) is 0 Å². The van der Waals surface area contributed by atoms with Crippen molar-refractivity contribution in [2.24, 2.45) is 0 Å². The second-order valence-corrected chi connectivity index (χ2v) is 3.74. The minimum atomic E-state index is -0.560. The average molecular weight is 233 g/mol. The van der Waals surface area contributed by atoms with Crippen LogP contribution in [-0.4, -0.2) is 41.4 Å². The van der Waals surface area contributed by atoms with Crippen LogP contribution in [0, 0.1) is 0 Å². The summed E-state index contributed by atoms with van der Waals surface area (Å²) in [5.41, 5.74) is 0.881. The Labute approximate surface area is 99.5 Å². The molecule has 5 nitrogen and oxygen atoms in total. The van der Waals surface area contributed by atoms with Crippen molar-refractivity contribution in [1.29, 1.82) is 0 Å². The molecule has 0 spiro atoms. The van der Waals surface area contributed by atoms with Crippen molar-refractivity contribution < 1.29 is 9.84 Å². The van der Waals surface area contributed by atoms with Gasteiger partial charge in [0.15, 0.2) is 0 Å². The molecule has 0 saturated carbocycles. The minimum absolute atomic E-state index is 0.292.